The molecule has 134 valence electrons. The summed E-state index contributed by atoms with van der Waals surface area (Å²) in [6, 6.07) is 7.82. The van der Waals surface area contributed by atoms with Crippen molar-refractivity contribution in [2.24, 2.45) is 0 Å². The number of nitrogens with zero attached hydrogens (tertiary/aromatic N) is 3. The van der Waals surface area contributed by atoms with Crippen LogP contribution < -0.4 is 15.4 Å². The van der Waals surface area contributed by atoms with Crippen LogP contribution in [-0.2, 0) is 9.47 Å². The van der Waals surface area contributed by atoms with Crippen LogP contribution in [0.5, 0.6) is 5.88 Å². The Morgan fingerprint density at radius 3 is 2.72 bits per heavy atom. The summed E-state index contributed by atoms with van der Waals surface area (Å²) in [6.07, 6.45) is 0. The highest BCUT2D eigenvalue weighted by Crippen LogP contribution is 2.32. The molecule has 1 aromatic heterocycles. The van der Waals surface area contributed by atoms with E-state index in [2.05, 4.69) is 15.1 Å². The summed E-state index contributed by atoms with van der Waals surface area (Å²) in [4.78, 5) is 2.21. The quantitative estimate of drug-likeness (QED) is 0.633. The van der Waals surface area contributed by atoms with E-state index in [0.29, 0.717) is 38.0 Å². The fourth-order valence-electron chi connectivity index (χ4n) is 2.77. The van der Waals surface area contributed by atoms with E-state index < -0.39 is 0 Å². The molecule has 1 fully saturated rings. The van der Waals surface area contributed by atoms with E-state index in [-0.39, 0.29) is 0 Å². The lowest BCUT2D eigenvalue weighted by molar-refractivity contribution is 0.121. The number of hydrogen-bond donors (Lipinski definition) is 1. The summed E-state index contributed by atoms with van der Waals surface area (Å²) in [5.74, 6) is 0.518. The molecule has 3 rings (SSSR count). The predicted molar refractivity (Wildman–Crippen MR) is 97.0 cm³/mol. The molecule has 1 aliphatic rings. The van der Waals surface area contributed by atoms with Gasteiger partial charge < -0.3 is 24.8 Å². The Morgan fingerprint density at radius 2 is 1.96 bits per heavy atom. The third-order valence-electron chi connectivity index (χ3n) is 4.16. The van der Waals surface area contributed by atoms with Gasteiger partial charge in [-0.2, -0.15) is 0 Å². The van der Waals surface area contributed by atoms with Crippen molar-refractivity contribution < 1.29 is 14.2 Å². The summed E-state index contributed by atoms with van der Waals surface area (Å²) in [7, 11) is 1.64. The molecule has 0 saturated carbocycles. The second-order valence-corrected chi connectivity index (χ2v) is 5.94. The van der Waals surface area contributed by atoms with Gasteiger partial charge in [-0.05, 0) is 30.7 Å². The highest BCUT2D eigenvalue weighted by atomic mass is 16.5. The Balaban J connectivity index is 1.96. The maximum Gasteiger partial charge on any atom is 0.257 e. The third-order valence-corrected chi connectivity index (χ3v) is 4.16. The van der Waals surface area contributed by atoms with E-state index >= 15 is 0 Å². The van der Waals surface area contributed by atoms with Crippen molar-refractivity contribution in [1.82, 2.24) is 10.2 Å². The van der Waals surface area contributed by atoms with E-state index in [4.69, 9.17) is 19.9 Å². The molecule has 2 aromatic rings. The van der Waals surface area contributed by atoms with Crippen molar-refractivity contribution in [1.29, 1.82) is 0 Å². The largest absolute Gasteiger partial charge is 0.473 e. The zero-order valence-electron chi connectivity index (χ0n) is 14.7. The number of nitrogens with two attached hydrogens (primary N) is 1. The van der Waals surface area contributed by atoms with Gasteiger partial charge in [-0.3, -0.25) is 0 Å². The van der Waals surface area contributed by atoms with Gasteiger partial charge in [0.15, 0.2) is 0 Å². The first kappa shape index (κ1) is 17.4. The van der Waals surface area contributed by atoms with E-state index in [1.54, 1.807) is 7.11 Å². The van der Waals surface area contributed by atoms with Crippen LogP contribution in [0.15, 0.2) is 24.3 Å². The van der Waals surface area contributed by atoms with E-state index in [1.807, 2.05) is 31.2 Å². The Bertz CT molecular complexity index is 717. The smallest absolute Gasteiger partial charge is 0.257 e. The van der Waals surface area contributed by atoms with Gasteiger partial charge in [0.05, 0.1) is 25.5 Å². The lowest BCUT2D eigenvalue weighted by Crippen LogP contribution is -2.36. The van der Waals surface area contributed by atoms with Crippen LogP contribution in [0.25, 0.3) is 11.3 Å². The first-order valence-electron chi connectivity index (χ1n) is 8.37. The van der Waals surface area contributed by atoms with Crippen molar-refractivity contribution in [3.8, 4) is 17.1 Å². The number of aryl methyl sites for hydroxylation is 1. The number of hydrogen-bond acceptors (Lipinski definition) is 7. The van der Waals surface area contributed by atoms with Gasteiger partial charge in [-0.1, -0.05) is 6.07 Å². The first-order valence-corrected chi connectivity index (χ1v) is 8.37. The monoisotopic (exact) mass is 344 g/mol. The van der Waals surface area contributed by atoms with E-state index in [9.17, 15) is 0 Å². The highest BCUT2D eigenvalue weighted by Gasteiger charge is 2.19. The fourth-order valence-corrected chi connectivity index (χ4v) is 2.77. The third kappa shape index (κ3) is 4.18. The molecule has 2 heterocycles. The zero-order valence-corrected chi connectivity index (χ0v) is 14.7. The fraction of sp³-hybridized carbons (Fsp3) is 0.444. The van der Waals surface area contributed by atoms with Crippen LogP contribution >= 0.6 is 0 Å². The van der Waals surface area contributed by atoms with E-state index in [1.165, 1.54) is 0 Å². The Kier molecular flexibility index (Phi) is 5.67. The minimum absolute atomic E-state index is 0.430. The van der Waals surface area contributed by atoms with Crippen LogP contribution in [0.4, 0.5) is 11.4 Å². The van der Waals surface area contributed by atoms with Gasteiger partial charge in [0.25, 0.3) is 5.88 Å². The number of aromatic nitrogens is 2. The predicted octanol–water partition coefficient (Wildman–Crippen LogP) is 1.90. The number of nitrogen functional groups attached to an aromatic ring is 1. The van der Waals surface area contributed by atoms with Crippen molar-refractivity contribution in [3.63, 3.8) is 0 Å². The molecule has 0 aliphatic carbocycles. The van der Waals surface area contributed by atoms with Gasteiger partial charge in [0, 0.05) is 31.5 Å². The molecule has 1 aliphatic heterocycles. The van der Waals surface area contributed by atoms with Crippen LogP contribution in [0.2, 0.25) is 0 Å². The molecule has 0 spiro atoms. The highest BCUT2D eigenvalue weighted by molar-refractivity contribution is 5.72. The molecule has 0 radical (unpaired) electrons. The standard InChI is InChI=1S/C18H24N4O3/c1-13-3-4-14(19)11-15(13)16-12-17(22-5-7-24-8-6-22)18(21-20-16)25-10-9-23-2/h3-4,11-12H,5-10,19H2,1-2H3. The maximum atomic E-state index is 5.94. The normalized spacial score (nSPS) is 14.6. The van der Waals surface area contributed by atoms with Gasteiger partial charge in [0.1, 0.15) is 12.3 Å². The average Bonchev–Trinajstić information content (AvgIpc) is 2.65. The van der Waals surface area contributed by atoms with E-state index in [0.717, 1.165) is 35.6 Å². The number of anilines is 2. The topological polar surface area (TPSA) is 82.7 Å². The number of morpholine rings is 1. The van der Waals surface area contributed by atoms with Gasteiger partial charge in [-0.15, -0.1) is 10.2 Å². The minimum Gasteiger partial charge on any atom is -0.473 e. The number of methoxy groups -OCH3 is 1. The molecule has 0 amide bonds. The van der Waals surface area contributed by atoms with Gasteiger partial charge >= 0.3 is 0 Å². The Labute approximate surface area is 147 Å². The van der Waals surface area contributed by atoms with Crippen LogP contribution in [-0.4, -0.2) is 56.8 Å². The average molecular weight is 344 g/mol. The van der Waals surface area contributed by atoms with Gasteiger partial charge in [0.2, 0.25) is 0 Å². The van der Waals surface area contributed by atoms with Crippen molar-refractivity contribution in [2.45, 2.75) is 6.92 Å². The number of ether oxygens (including phenoxy) is 3. The van der Waals surface area contributed by atoms with Crippen molar-refractivity contribution >= 4 is 11.4 Å². The maximum absolute atomic E-state index is 5.94. The second-order valence-electron chi connectivity index (χ2n) is 5.94. The van der Waals surface area contributed by atoms with Gasteiger partial charge in [-0.25, -0.2) is 0 Å². The molecule has 1 aromatic carbocycles. The molecule has 1 saturated heterocycles. The van der Waals surface area contributed by atoms with Crippen LogP contribution in [0, 0.1) is 6.92 Å². The molecule has 7 heteroatoms. The number of rotatable bonds is 6. The lowest BCUT2D eigenvalue weighted by Gasteiger charge is -2.29. The SMILES string of the molecule is COCCOc1nnc(-c2cc(N)ccc2C)cc1N1CCOCC1. The summed E-state index contributed by atoms with van der Waals surface area (Å²) in [5.41, 5.74) is 10.4. The number of benzene rings is 1. The molecule has 0 bridgehead atoms. The summed E-state index contributed by atoms with van der Waals surface area (Å²) < 4.78 is 16.3. The minimum atomic E-state index is 0.430. The first-order chi connectivity index (χ1) is 12.2. The van der Waals surface area contributed by atoms with Crippen LogP contribution in [0.3, 0.4) is 0 Å². The second kappa shape index (κ2) is 8.13. The van der Waals surface area contributed by atoms with Crippen LogP contribution in [0.1, 0.15) is 5.56 Å². The summed E-state index contributed by atoms with van der Waals surface area (Å²) in [6.45, 7) is 5.93. The lowest BCUT2D eigenvalue weighted by atomic mass is 10.0. The molecule has 25 heavy (non-hydrogen) atoms. The molecule has 0 unspecified atom stereocenters. The molecule has 2 N–H and O–H groups in total. The molecule has 7 nitrogen and oxygen atoms in total. The summed E-state index contributed by atoms with van der Waals surface area (Å²) in [5, 5.41) is 8.68. The molecular formula is C18H24N4O3. The van der Waals surface area contributed by atoms with Crippen molar-refractivity contribution in [3.05, 3.63) is 29.8 Å². The molecular weight excluding hydrogens is 320 g/mol. The Hall–Kier alpha value is -2.38. The summed E-state index contributed by atoms with van der Waals surface area (Å²) >= 11 is 0. The zero-order chi connectivity index (χ0) is 17.6. The Morgan fingerprint density at radius 1 is 1.16 bits per heavy atom. The molecule has 0 atom stereocenters. The van der Waals surface area contributed by atoms with Crippen molar-refractivity contribution in [2.75, 3.05) is 57.3 Å².